The van der Waals surface area contributed by atoms with E-state index in [1.54, 1.807) is 11.8 Å². The summed E-state index contributed by atoms with van der Waals surface area (Å²) in [5.74, 6) is -0.280. The Morgan fingerprint density at radius 3 is 2.52 bits per heavy atom. The number of nitrogens with zero attached hydrogens (tertiary/aromatic N) is 3. The van der Waals surface area contributed by atoms with Gasteiger partial charge in [-0.15, -0.1) is 0 Å². The molecule has 0 radical (unpaired) electrons. The highest BCUT2D eigenvalue weighted by Crippen LogP contribution is 2.29. The van der Waals surface area contributed by atoms with E-state index < -0.39 is 11.5 Å². The lowest BCUT2D eigenvalue weighted by Crippen LogP contribution is -2.54. The highest BCUT2D eigenvalue weighted by Gasteiger charge is 2.39. The predicted molar refractivity (Wildman–Crippen MR) is 128 cm³/mol. The van der Waals surface area contributed by atoms with E-state index in [1.807, 2.05) is 54.1 Å². The maximum atomic E-state index is 13.4. The van der Waals surface area contributed by atoms with Gasteiger partial charge in [-0.1, -0.05) is 6.07 Å². The van der Waals surface area contributed by atoms with Gasteiger partial charge in [0.2, 0.25) is 5.91 Å². The first-order chi connectivity index (χ1) is 15.8. The number of nitrogens with one attached hydrogen (secondary N) is 2. The normalized spacial score (nSPS) is 15.5. The third-order valence-electron chi connectivity index (χ3n) is 6.33. The number of imidazole rings is 1. The van der Waals surface area contributed by atoms with Crippen molar-refractivity contribution in [3.05, 3.63) is 53.9 Å². The summed E-state index contributed by atoms with van der Waals surface area (Å²) in [7, 11) is 1.95. The molecule has 1 atom stereocenters. The van der Waals surface area contributed by atoms with Crippen molar-refractivity contribution in [2.45, 2.75) is 31.8 Å². The number of carbonyl (C=O) groups is 2. The summed E-state index contributed by atoms with van der Waals surface area (Å²) < 4.78 is 2.01. The third kappa shape index (κ3) is 4.63. The van der Waals surface area contributed by atoms with E-state index in [9.17, 15) is 14.7 Å². The predicted octanol–water partition coefficient (Wildman–Crippen LogP) is 2.28. The lowest BCUT2D eigenvalue weighted by atomic mass is 9.89. The Labute approximate surface area is 192 Å². The fourth-order valence-electron chi connectivity index (χ4n) is 4.29. The highest BCUT2D eigenvalue weighted by molar-refractivity contribution is 5.90. The molecular weight excluding hydrogens is 420 g/mol. The average Bonchev–Trinajstić information content (AvgIpc) is 3.45. The van der Waals surface area contributed by atoms with Crippen molar-refractivity contribution in [1.29, 1.82) is 0 Å². The van der Waals surface area contributed by atoms with Gasteiger partial charge >= 0.3 is 5.97 Å². The second-order valence-corrected chi connectivity index (χ2v) is 8.64. The van der Waals surface area contributed by atoms with E-state index in [2.05, 4.69) is 10.6 Å². The fourth-order valence-corrected chi connectivity index (χ4v) is 4.29. The number of carboxylic acid groups (broad SMARTS) is 1. The van der Waals surface area contributed by atoms with Crippen LogP contribution in [0, 0.1) is 0 Å². The van der Waals surface area contributed by atoms with Gasteiger partial charge in [-0.3, -0.25) is 14.9 Å². The summed E-state index contributed by atoms with van der Waals surface area (Å²) in [6.07, 6.45) is 1.93. The minimum atomic E-state index is -1.16. The molecule has 1 fully saturated rings. The molecule has 9 nitrogen and oxygen atoms in total. The van der Waals surface area contributed by atoms with Gasteiger partial charge in [0.15, 0.2) is 0 Å². The minimum absolute atomic E-state index is 0.109. The van der Waals surface area contributed by atoms with Crippen LogP contribution >= 0.6 is 0 Å². The number of anilines is 2. The van der Waals surface area contributed by atoms with Crippen molar-refractivity contribution >= 4 is 34.3 Å². The number of nitrogens with two attached hydrogens (primary N) is 1. The Balaban J connectivity index is 1.63. The van der Waals surface area contributed by atoms with Crippen molar-refractivity contribution in [3.63, 3.8) is 0 Å². The molecule has 2 heterocycles. The number of hydrogen-bond acceptors (Lipinski definition) is 6. The number of benzene rings is 2. The van der Waals surface area contributed by atoms with Gasteiger partial charge in [0.1, 0.15) is 11.4 Å². The van der Waals surface area contributed by atoms with E-state index >= 15 is 0 Å². The van der Waals surface area contributed by atoms with E-state index in [-0.39, 0.29) is 12.5 Å². The number of aromatic nitrogens is 2. The standard InChI is InChI=1S/C24H30N6O3/c1-24(27-15-22(31)32,23(33)30-11-3-4-12-30)16-5-10-20-19(13-16)28-21(29(20)2)14-26-18-8-6-17(25)7-9-18/h5-10,13,26-27H,3-4,11-12,14-15,25H2,1-2H3,(H,31,32)/t24-/m1/s1. The second kappa shape index (κ2) is 9.11. The van der Waals surface area contributed by atoms with Crippen molar-refractivity contribution in [3.8, 4) is 0 Å². The van der Waals surface area contributed by atoms with Crippen molar-refractivity contribution < 1.29 is 14.7 Å². The number of aryl methyl sites for hydroxylation is 1. The van der Waals surface area contributed by atoms with Crippen LogP contribution in [0.3, 0.4) is 0 Å². The molecule has 0 bridgehead atoms. The Bertz CT molecular complexity index is 1170. The second-order valence-electron chi connectivity index (χ2n) is 8.64. The Kier molecular flexibility index (Phi) is 6.24. The van der Waals surface area contributed by atoms with E-state index in [1.165, 1.54) is 0 Å². The van der Waals surface area contributed by atoms with Crippen LogP contribution in [-0.4, -0.2) is 51.1 Å². The lowest BCUT2D eigenvalue weighted by molar-refractivity contribution is -0.139. The van der Waals surface area contributed by atoms with Gasteiger partial charge in [-0.05, 0) is 61.7 Å². The minimum Gasteiger partial charge on any atom is -0.480 e. The number of carboxylic acids is 1. The van der Waals surface area contributed by atoms with Crippen LogP contribution in [0.1, 0.15) is 31.2 Å². The number of hydrogen-bond donors (Lipinski definition) is 4. The zero-order valence-corrected chi connectivity index (χ0v) is 19.0. The maximum Gasteiger partial charge on any atom is 0.317 e. The molecule has 1 aliphatic heterocycles. The number of aliphatic carboxylic acids is 1. The third-order valence-corrected chi connectivity index (χ3v) is 6.33. The quantitative estimate of drug-likeness (QED) is 0.388. The molecule has 9 heteroatoms. The number of amides is 1. The SMILES string of the molecule is Cn1c(CNc2ccc(N)cc2)nc2cc([C@@](C)(NCC(=O)O)C(=O)N3CCCC3)ccc21. The number of fused-ring (bicyclic) bond motifs is 1. The molecule has 1 aliphatic rings. The first-order valence-corrected chi connectivity index (χ1v) is 11.1. The average molecular weight is 451 g/mol. The van der Waals surface area contributed by atoms with Crippen molar-refractivity contribution in [2.75, 3.05) is 30.7 Å². The van der Waals surface area contributed by atoms with Gasteiger partial charge in [-0.2, -0.15) is 0 Å². The van der Waals surface area contributed by atoms with Crippen LogP contribution < -0.4 is 16.4 Å². The van der Waals surface area contributed by atoms with Crippen molar-refractivity contribution in [2.24, 2.45) is 7.05 Å². The molecule has 5 N–H and O–H groups in total. The maximum absolute atomic E-state index is 13.4. The molecule has 2 aromatic carbocycles. The van der Waals surface area contributed by atoms with Crippen LogP contribution in [0.2, 0.25) is 0 Å². The van der Waals surface area contributed by atoms with Crippen LogP contribution in [0.25, 0.3) is 11.0 Å². The number of rotatable bonds is 8. The van der Waals surface area contributed by atoms with E-state index in [0.717, 1.165) is 35.4 Å². The largest absolute Gasteiger partial charge is 0.480 e. The first-order valence-electron chi connectivity index (χ1n) is 11.1. The lowest BCUT2D eigenvalue weighted by Gasteiger charge is -2.33. The summed E-state index contributed by atoms with van der Waals surface area (Å²) in [5, 5.41) is 15.6. The number of carbonyl (C=O) groups excluding carboxylic acids is 1. The van der Waals surface area contributed by atoms with Gasteiger partial charge in [0.25, 0.3) is 0 Å². The summed E-state index contributed by atoms with van der Waals surface area (Å²) in [6.45, 7) is 3.34. The van der Waals surface area contributed by atoms with E-state index in [0.29, 0.717) is 30.9 Å². The molecule has 174 valence electrons. The molecule has 4 rings (SSSR count). The molecule has 0 aliphatic carbocycles. The summed E-state index contributed by atoms with van der Waals surface area (Å²) in [4.78, 5) is 31.3. The summed E-state index contributed by atoms with van der Waals surface area (Å²) in [6, 6.07) is 13.2. The smallest absolute Gasteiger partial charge is 0.317 e. The van der Waals surface area contributed by atoms with E-state index in [4.69, 9.17) is 10.7 Å². The molecule has 0 spiro atoms. The van der Waals surface area contributed by atoms with Gasteiger partial charge in [0, 0.05) is 31.5 Å². The molecule has 1 amide bonds. The van der Waals surface area contributed by atoms with Crippen LogP contribution in [0.4, 0.5) is 11.4 Å². The van der Waals surface area contributed by atoms with Crippen LogP contribution in [-0.2, 0) is 28.7 Å². The molecule has 1 aromatic heterocycles. The van der Waals surface area contributed by atoms with Crippen molar-refractivity contribution in [1.82, 2.24) is 19.8 Å². The Hall–Kier alpha value is -3.59. The van der Waals surface area contributed by atoms with Gasteiger partial charge in [-0.25, -0.2) is 4.98 Å². The van der Waals surface area contributed by atoms with Gasteiger partial charge in [0.05, 0.1) is 24.1 Å². The van der Waals surface area contributed by atoms with Gasteiger partial charge < -0.3 is 25.6 Å². The number of likely N-dealkylation sites (tertiary alicyclic amines) is 1. The zero-order valence-electron chi connectivity index (χ0n) is 19.0. The molecular formula is C24H30N6O3. The van der Waals surface area contributed by atoms with Crippen LogP contribution in [0.15, 0.2) is 42.5 Å². The molecule has 1 saturated heterocycles. The Morgan fingerprint density at radius 1 is 1.15 bits per heavy atom. The topological polar surface area (TPSA) is 126 Å². The fraction of sp³-hybridized carbons (Fsp3) is 0.375. The molecule has 33 heavy (non-hydrogen) atoms. The Morgan fingerprint density at radius 2 is 1.85 bits per heavy atom. The summed E-state index contributed by atoms with van der Waals surface area (Å²) >= 11 is 0. The van der Waals surface area contributed by atoms with Crippen LogP contribution in [0.5, 0.6) is 0 Å². The highest BCUT2D eigenvalue weighted by atomic mass is 16.4. The molecule has 3 aromatic rings. The zero-order chi connectivity index (χ0) is 23.6. The number of nitrogen functional groups attached to an aromatic ring is 1. The molecule has 0 unspecified atom stereocenters. The first kappa shape index (κ1) is 22.6. The monoisotopic (exact) mass is 450 g/mol. The molecule has 0 saturated carbocycles. The summed E-state index contributed by atoms with van der Waals surface area (Å²) in [5.41, 5.74) is 8.63.